The molecule has 0 N–H and O–H groups in total. The van der Waals surface area contributed by atoms with Crippen molar-refractivity contribution in [3.8, 4) is 0 Å². The maximum atomic E-state index is 12.6. The number of hydrogen-bond acceptors (Lipinski definition) is 11. The summed E-state index contributed by atoms with van der Waals surface area (Å²) in [6.45, 7) is 10.7. The molecule has 1 heterocycles. The van der Waals surface area contributed by atoms with Gasteiger partial charge in [0.1, 0.15) is 12.4 Å². The molecule has 0 radical (unpaired) electrons. The molecule has 13 heteroatoms. The van der Waals surface area contributed by atoms with Crippen LogP contribution in [0.2, 0.25) is 0 Å². The number of nitrogens with zero attached hydrogens (tertiary/aromatic N) is 3. The molecule has 0 fully saturated rings. The third kappa shape index (κ3) is 18.9. The van der Waals surface area contributed by atoms with Gasteiger partial charge in [0.25, 0.3) is 0 Å². The monoisotopic (exact) mass is 721 g/mol. The van der Waals surface area contributed by atoms with Gasteiger partial charge in [-0.15, -0.1) is 0 Å². The van der Waals surface area contributed by atoms with E-state index in [2.05, 4.69) is 44.4 Å². The number of Topliss-reactive ketones (excluding diaryl/α,β-unsaturated/α-hetero) is 1. The van der Waals surface area contributed by atoms with Crippen LogP contribution < -0.4 is 0 Å². The van der Waals surface area contributed by atoms with Crippen LogP contribution in [0.4, 0.5) is 4.39 Å². The summed E-state index contributed by atoms with van der Waals surface area (Å²) in [7, 11) is 0. The summed E-state index contributed by atoms with van der Waals surface area (Å²) in [4.78, 5) is 23.7. The average molecular weight is 722 g/mol. The Morgan fingerprint density at radius 1 is 0.744 bits per heavy atom. The molecule has 0 amide bonds. The lowest BCUT2D eigenvalue weighted by Gasteiger charge is -2.20. The molecule has 1 aromatic heterocycles. The molecule has 0 saturated heterocycles. The zero-order chi connectivity index (χ0) is 30.8. The fraction of sp³-hybridized carbons (Fsp3) is 0.700. The largest absolute Gasteiger partial charge is 0.378 e. The van der Waals surface area contributed by atoms with Gasteiger partial charge >= 0.3 is 0 Å². The zero-order valence-electron chi connectivity index (χ0n) is 25.3. The molecule has 2 aromatic rings. The van der Waals surface area contributed by atoms with E-state index < -0.39 is 6.67 Å². The zero-order valence-corrected chi connectivity index (χ0v) is 27.5. The topological polar surface area (TPSA) is 111 Å². The van der Waals surface area contributed by atoms with Crippen LogP contribution in [-0.2, 0) is 33.2 Å². The number of carbonyl (C=O) groups is 1. The predicted octanol–water partition coefficient (Wildman–Crippen LogP) is 3.60. The van der Waals surface area contributed by atoms with E-state index in [0.717, 1.165) is 40.7 Å². The predicted molar refractivity (Wildman–Crippen MR) is 170 cm³/mol. The van der Waals surface area contributed by atoms with Gasteiger partial charge in [0, 0.05) is 16.5 Å². The Morgan fingerprint density at radius 3 is 1.77 bits per heavy atom. The number of hydrogen-bond donors (Lipinski definition) is 0. The lowest BCUT2D eigenvalue weighted by Crippen LogP contribution is -2.29. The van der Waals surface area contributed by atoms with Gasteiger partial charge in [-0.2, -0.15) is 0 Å². The lowest BCUT2D eigenvalue weighted by atomic mass is 10.1. The Kier molecular flexibility index (Phi) is 22.7. The number of likely N-dealkylation sites (N-methyl/N-ethyl adjacent to an activating group) is 1. The highest BCUT2D eigenvalue weighted by atomic mass is 125. The second-order valence-electron chi connectivity index (χ2n) is 9.32. The fourth-order valence-electron chi connectivity index (χ4n) is 3.81. The van der Waals surface area contributed by atoms with E-state index in [9.17, 15) is 9.18 Å². The first-order valence-electron chi connectivity index (χ1n) is 14.9. The maximum Gasteiger partial charge on any atom is 0.182 e. The summed E-state index contributed by atoms with van der Waals surface area (Å²) in [5.41, 5.74) is 1.97. The third-order valence-corrected chi connectivity index (χ3v) is 6.79. The minimum absolute atomic E-state index is 0.0212. The van der Waals surface area contributed by atoms with E-state index in [-0.39, 0.29) is 12.4 Å². The smallest absolute Gasteiger partial charge is 0.182 e. The maximum absolute atomic E-state index is 12.6. The minimum atomic E-state index is -0.476. The molecule has 11 nitrogen and oxygen atoms in total. The minimum Gasteiger partial charge on any atom is -0.378 e. The van der Waals surface area contributed by atoms with Crippen LogP contribution >= 0.6 is 22.6 Å². The highest BCUT2D eigenvalue weighted by Gasteiger charge is 2.11. The third-order valence-electron chi connectivity index (χ3n) is 6.12. The Balaban J connectivity index is 1.33. The van der Waals surface area contributed by atoms with E-state index in [1.165, 1.54) is 0 Å². The van der Waals surface area contributed by atoms with E-state index in [1.54, 1.807) is 6.20 Å². The Morgan fingerprint density at radius 2 is 1.26 bits per heavy atom. The molecule has 0 unspecified atom stereocenters. The van der Waals surface area contributed by atoms with Gasteiger partial charge in [0.15, 0.2) is 5.78 Å². The quantitative estimate of drug-likeness (QED) is 0.0699. The summed E-state index contributed by atoms with van der Waals surface area (Å²) >= 11 is 2.24. The van der Waals surface area contributed by atoms with Crippen molar-refractivity contribution in [3.63, 3.8) is 0 Å². The molecule has 244 valence electrons. The SMILES string of the molecule is CCN(CCCC(=O)c1cnc2cc([125I])ccc2n1)CCOCCOCCOCCOCCOCCOCCOCCF. The van der Waals surface area contributed by atoms with Crippen molar-refractivity contribution in [2.75, 3.05) is 119 Å². The van der Waals surface area contributed by atoms with Gasteiger partial charge in [0.2, 0.25) is 0 Å². The highest BCUT2D eigenvalue weighted by Crippen LogP contribution is 2.14. The van der Waals surface area contributed by atoms with Gasteiger partial charge in [-0.1, -0.05) is 6.92 Å². The number of benzene rings is 1. The lowest BCUT2D eigenvalue weighted by molar-refractivity contribution is -0.0212. The van der Waals surface area contributed by atoms with E-state index >= 15 is 0 Å². The fourth-order valence-corrected chi connectivity index (χ4v) is 4.28. The van der Waals surface area contributed by atoms with Crippen molar-refractivity contribution in [1.29, 1.82) is 0 Å². The van der Waals surface area contributed by atoms with Crippen LogP contribution in [0.15, 0.2) is 24.4 Å². The molecule has 0 atom stereocenters. The second kappa shape index (κ2) is 25.9. The van der Waals surface area contributed by atoms with Crippen LogP contribution in [0.5, 0.6) is 0 Å². The molecular formula is C30H47FIN3O8. The first-order valence-corrected chi connectivity index (χ1v) is 16.0. The van der Waals surface area contributed by atoms with Gasteiger partial charge in [-0.25, -0.2) is 9.37 Å². The number of aromatic nitrogens is 2. The number of halogens is 2. The molecule has 0 aliphatic carbocycles. The van der Waals surface area contributed by atoms with Crippen LogP contribution in [0.1, 0.15) is 30.3 Å². The Hall–Kier alpha value is -1.43. The van der Waals surface area contributed by atoms with E-state index in [4.69, 9.17) is 33.2 Å². The standard InChI is InChI=1S/C30H47FIN3O8/c1-2-35(8-3-4-30(36)29-25-33-28-24-26(32)5-6-27(28)34-29)9-11-38-13-15-40-17-19-42-21-23-43-22-20-41-18-16-39-14-12-37-10-7-31/h5-6,24-25H,2-4,7-23H2,1H3/i32-2. The molecule has 0 saturated carbocycles. The summed E-state index contributed by atoms with van der Waals surface area (Å²) in [6.07, 6.45) is 2.78. The number of fused-ring (bicyclic) bond motifs is 1. The molecule has 1 aromatic carbocycles. The molecular weight excluding hydrogens is 674 g/mol. The van der Waals surface area contributed by atoms with Crippen molar-refractivity contribution >= 4 is 39.4 Å². The molecule has 2 rings (SSSR count). The number of carbonyl (C=O) groups excluding carboxylic acids is 1. The number of alkyl halides is 1. The van der Waals surface area contributed by atoms with Crippen molar-refractivity contribution in [1.82, 2.24) is 14.9 Å². The van der Waals surface area contributed by atoms with Crippen molar-refractivity contribution in [2.24, 2.45) is 0 Å². The van der Waals surface area contributed by atoms with Gasteiger partial charge in [-0.3, -0.25) is 9.78 Å². The Bertz CT molecular complexity index is 994. The average Bonchev–Trinajstić information content (AvgIpc) is 3.02. The first-order chi connectivity index (χ1) is 21.1. The highest BCUT2D eigenvalue weighted by molar-refractivity contribution is 14.1. The number of ether oxygens (including phenoxy) is 7. The molecule has 0 aliphatic heterocycles. The summed E-state index contributed by atoms with van der Waals surface area (Å²) in [5.74, 6) is 0.0212. The number of ketones is 1. The molecule has 0 aliphatic rings. The van der Waals surface area contributed by atoms with Crippen molar-refractivity contribution in [2.45, 2.75) is 19.8 Å². The normalized spacial score (nSPS) is 11.6. The van der Waals surface area contributed by atoms with Crippen LogP contribution in [0.3, 0.4) is 0 Å². The van der Waals surface area contributed by atoms with Crippen LogP contribution in [0, 0.1) is 3.57 Å². The molecule has 43 heavy (non-hydrogen) atoms. The van der Waals surface area contributed by atoms with Gasteiger partial charge < -0.3 is 38.1 Å². The van der Waals surface area contributed by atoms with Crippen molar-refractivity contribution < 1.29 is 42.3 Å². The number of rotatable bonds is 29. The van der Waals surface area contributed by atoms with E-state index in [1.807, 2.05) is 18.2 Å². The summed E-state index contributed by atoms with van der Waals surface area (Å²) in [5, 5.41) is 0. The summed E-state index contributed by atoms with van der Waals surface area (Å²) in [6, 6.07) is 5.82. The summed E-state index contributed by atoms with van der Waals surface area (Å²) < 4.78 is 50.7. The van der Waals surface area contributed by atoms with Gasteiger partial charge in [0.05, 0.1) is 110 Å². The molecule has 0 bridgehead atoms. The van der Waals surface area contributed by atoms with Gasteiger partial charge in [-0.05, 0) is 60.3 Å². The van der Waals surface area contributed by atoms with Crippen molar-refractivity contribution in [3.05, 3.63) is 33.7 Å². The van der Waals surface area contributed by atoms with E-state index in [0.29, 0.717) is 98.0 Å². The van der Waals surface area contributed by atoms with Crippen LogP contribution in [-0.4, -0.2) is 139 Å². The van der Waals surface area contributed by atoms with Crippen LogP contribution in [0.25, 0.3) is 11.0 Å². The molecule has 0 spiro atoms. The Labute approximate surface area is 268 Å². The first kappa shape index (κ1) is 37.8. The second-order valence-corrected chi connectivity index (χ2v) is 10.6.